The third-order valence-electron chi connectivity index (χ3n) is 1.65. The van der Waals surface area contributed by atoms with E-state index in [4.69, 9.17) is 4.74 Å². The maximum Gasteiger partial charge on any atom is 0.162 e. The van der Waals surface area contributed by atoms with E-state index in [-0.39, 0.29) is 11.3 Å². The number of Topliss-reactive ketones (excluding diaryl/α,β-unsaturated/α-hetero) is 1. The van der Waals surface area contributed by atoms with Gasteiger partial charge in [0.1, 0.15) is 5.75 Å². The van der Waals surface area contributed by atoms with Crippen LogP contribution in [0.3, 0.4) is 0 Å². The lowest BCUT2D eigenvalue weighted by molar-refractivity contribution is 0.101. The average Bonchev–Trinajstić information content (AvgIpc) is 2.09. The summed E-state index contributed by atoms with van der Waals surface area (Å²) in [6.07, 6.45) is 0. The van der Waals surface area contributed by atoms with E-state index in [0.717, 1.165) is 0 Å². The molecule has 0 aliphatic heterocycles. The summed E-state index contributed by atoms with van der Waals surface area (Å²) in [7, 11) is 1.46. The van der Waals surface area contributed by atoms with Gasteiger partial charge in [-0.3, -0.25) is 4.79 Å². The van der Waals surface area contributed by atoms with Gasteiger partial charge in [0.05, 0.1) is 16.2 Å². The number of hydrogen-bond acceptors (Lipinski definition) is 2. The summed E-state index contributed by atoms with van der Waals surface area (Å²) >= 11 is 1.81. The van der Waals surface area contributed by atoms with Gasteiger partial charge in [-0.15, -0.1) is 0 Å². The minimum Gasteiger partial charge on any atom is -0.496 e. The van der Waals surface area contributed by atoms with Crippen molar-refractivity contribution in [3.8, 4) is 5.75 Å². The maximum atomic E-state index is 13.4. The molecule has 0 amide bonds. The van der Waals surface area contributed by atoms with Gasteiger partial charge in [-0.2, -0.15) is 0 Å². The molecule has 0 unspecified atom stereocenters. The first-order chi connectivity index (χ1) is 6.07. The highest BCUT2D eigenvalue weighted by Crippen LogP contribution is 2.25. The van der Waals surface area contributed by atoms with Crippen molar-refractivity contribution in [3.63, 3.8) is 0 Å². The van der Waals surface area contributed by atoms with Gasteiger partial charge in [0.15, 0.2) is 11.6 Å². The number of carbonyl (C=O) groups excluding carboxylic acids is 1. The van der Waals surface area contributed by atoms with Crippen molar-refractivity contribution < 1.29 is 13.9 Å². The van der Waals surface area contributed by atoms with Crippen LogP contribution < -0.4 is 4.74 Å². The molecule has 13 heavy (non-hydrogen) atoms. The molecule has 0 spiro atoms. The molecule has 2 nitrogen and oxygen atoms in total. The lowest BCUT2D eigenvalue weighted by Gasteiger charge is -2.06. The minimum atomic E-state index is -0.507. The maximum absolute atomic E-state index is 13.4. The highest BCUT2D eigenvalue weighted by atomic mass is 127. The Bertz CT molecular complexity index is 350. The molecule has 0 aliphatic carbocycles. The van der Waals surface area contributed by atoms with E-state index >= 15 is 0 Å². The first-order valence-electron chi connectivity index (χ1n) is 3.61. The fourth-order valence-corrected chi connectivity index (χ4v) is 1.65. The van der Waals surface area contributed by atoms with Crippen LogP contribution in [0.25, 0.3) is 0 Å². The molecule has 0 radical (unpaired) electrons. The van der Waals surface area contributed by atoms with Gasteiger partial charge >= 0.3 is 0 Å². The lowest BCUT2D eigenvalue weighted by Crippen LogP contribution is -2.00. The molecule has 0 fully saturated rings. The van der Waals surface area contributed by atoms with E-state index in [9.17, 15) is 9.18 Å². The number of rotatable bonds is 2. The second kappa shape index (κ2) is 4.04. The Balaban J connectivity index is 3.31. The molecule has 0 heterocycles. The van der Waals surface area contributed by atoms with Crippen molar-refractivity contribution in [3.05, 3.63) is 27.1 Å². The van der Waals surface area contributed by atoms with Crippen LogP contribution in [0.5, 0.6) is 5.75 Å². The lowest BCUT2D eigenvalue weighted by atomic mass is 10.1. The molecule has 0 saturated heterocycles. The second-order valence-corrected chi connectivity index (χ2v) is 3.58. The topological polar surface area (TPSA) is 26.3 Å². The fraction of sp³-hybridized carbons (Fsp3) is 0.222. The van der Waals surface area contributed by atoms with E-state index in [1.165, 1.54) is 20.1 Å². The number of methoxy groups -OCH3 is 1. The van der Waals surface area contributed by atoms with Crippen LogP contribution >= 0.6 is 22.6 Å². The molecule has 70 valence electrons. The van der Waals surface area contributed by atoms with Crippen molar-refractivity contribution in [2.45, 2.75) is 6.92 Å². The van der Waals surface area contributed by atoms with Crippen LogP contribution in [0.2, 0.25) is 0 Å². The summed E-state index contributed by atoms with van der Waals surface area (Å²) in [5, 5.41) is 0. The van der Waals surface area contributed by atoms with Crippen LogP contribution in [0.4, 0.5) is 4.39 Å². The van der Waals surface area contributed by atoms with Gasteiger partial charge in [-0.05, 0) is 41.6 Å². The fourth-order valence-electron chi connectivity index (χ4n) is 0.961. The van der Waals surface area contributed by atoms with Crippen LogP contribution in [0.1, 0.15) is 17.3 Å². The molecule has 0 bridgehead atoms. The van der Waals surface area contributed by atoms with E-state index in [2.05, 4.69) is 0 Å². The normalized spacial score (nSPS) is 9.85. The zero-order valence-electron chi connectivity index (χ0n) is 7.23. The predicted molar refractivity (Wildman–Crippen MR) is 55.7 cm³/mol. The van der Waals surface area contributed by atoms with Crippen molar-refractivity contribution in [2.75, 3.05) is 7.11 Å². The summed E-state index contributed by atoms with van der Waals surface area (Å²) in [5.74, 6) is -0.339. The molecule has 1 aromatic carbocycles. The Kier molecular flexibility index (Phi) is 3.24. The molecular weight excluding hydrogens is 286 g/mol. The average molecular weight is 294 g/mol. The number of ether oxygens (including phenoxy) is 1. The summed E-state index contributed by atoms with van der Waals surface area (Å²) in [5.41, 5.74) is 0.102. The van der Waals surface area contributed by atoms with Crippen molar-refractivity contribution >= 4 is 28.4 Å². The van der Waals surface area contributed by atoms with Crippen molar-refractivity contribution in [1.29, 1.82) is 0 Å². The summed E-state index contributed by atoms with van der Waals surface area (Å²) < 4.78 is 18.6. The quantitative estimate of drug-likeness (QED) is 0.619. The summed E-state index contributed by atoms with van der Waals surface area (Å²) in [4.78, 5) is 10.9. The number of hydrogen-bond donors (Lipinski definition) is 0. The van der Waals surface area contributed by atoms with Crippen LogP contribution in [0.15, 0.2) is 12.1 Å². The number of benzene rings is 1. The van der Waals surface area contributed by atoms with Gasteiger partial charge in [0, 0.05) is 0 Å². The second-order valence-electron chi connectivity index (χ2n) is 2.50. The first kappa shape index (κ1) is 10.4. The Morgan fingerprint density at radius 3 is 2.62 bits per heavy atom. The SMILES string of the molecule is COc1ccc(C(C)=O)c(F)c1I. The van der Waals surface area contributed by atoms with Crippen LogP contribution in [-0.2, 0) is 0 Å². The smallest absolute Gasteiger partial charge is 0.162 e. The first-order valence-corrected chi connectivity index (χ1v) is 4.68. The predicted octanol–water partition coefficient (Wildman–Crippen LogP) is 2.64. The Labute approximate surface area is 89.2 Å². The molecule has 0 atom stereocenters. The van der Waals surface area contributed by atoms with E-state index in [1.807, 2.05) is 22.6 Å². The molecule has 0 saturated carbocycles. The van der Waals surface area contributed by atoms with Crippen molar-refractivity contribution in [2.24, 2.45) is 0 Å². The third-order valence-corrected chi connectivity index (χ3v) is 2.65. The van der Waals surface area contributed by atoms with Crippen LogP contribution in [-0.4, -0.2) is 12.9 Å². The monoisotopic (exact) mass is 294 g/mol. The molecule has 0 aliphatic rings. The summed E-state index contributed by atoms with van der Waals surface area (Å²) in [6, 6.07) is 3.01. The zero-order chi connectivity index (χ0) is 10.0. The Hall–Kier alpha value is -0.650. The van der Waals surface area contributed by atoms with Crippen LogP contribution in [0, 0.1) is 9.39 Å². The Morgan fingerprint density at radius 1 is 1.54 bits per heavy atom. The van der Waals surface area contributed by atoms with Gasteiger partial charge in [-0.25, -0.2) is 4.39 Å². The molecular formula is C9H8FIO2. The highest BCUT2D eigenvalue weighted by Gasteiger charge is 2.13. The van der Waals surface area contributed by atoms with E-state index in [0.29, 0.717) is 9.32 Å². The zero-order valence-corrected chi connectivity index (χ0v) is 9.38. The molecule has 1 aromatic rings. The highest BCUT2D eigenvalue weighted by molar-refractivity contribution is 14.1. The van der Waals surface area contributed by atoms with Gasteiger partial charge in [0.2, 0.25) is 0 Å². The molecule has 1 rings (SSSR count). The molecule has 4 heteroatoms. The van der Waals surface area contributed by atoms with Gasteiger partial charge in [-0.1, -0.05) is 0 Å². The number of carbonyl (C=O) groups is 1. The van der Waals surface area contributed by atoms with Crippen molar-refractivity contribution in [1.82, 2.24) is 0 Å². The number of halogens is 2. The van der Waals surface area contributed by atoms with E-state index < -0.39 is 5.82 Å². The summed E-state index contributed by atoms with van der Waals surface area (Å²) in [6.45, 7) is 1.33. The largest absolute Gasteiger partial charge is 0.496 e. The minimum absolute atomic E-state index is 0.102. The molecule has 0 N–H and O–H groups in total. The standard InChI is InChI=1S/C9H8FIO2/c1-5(12)6-3-4-7(13-2)9(11)8(6)10/h3-4H,1-2H3. The number of ketones is 1. The third kappa shape index (κ3) is 1.99. The van der Waals surface area contributed by atoms with E-state index in [1.54, 1.807) is 6.07 Å². The van der Waals surface area contributed by atoms with Gasteiger partial charge < -0.3 is 4.74 Å². The molecule has 0 aromatic heterocycles. The van der Waals surface area contributed by atoms with Gasteiger partial charge in [0.25, 0.3) is 0 Å². The Morgan fingerprint density at radius 2 is 2.15 bits per heavy atom.